The van der Waals surface area contributed by atoms with Crippen molar-refractivity contribution in [1.82, 2.24) is 4.72 Å². The molecule has 1 N–H and O–H groups in total. The molecule has 0 atom stereocenters. The smallest absolute Gasteiger partial charge is 0.422 e. The van der Waals surface area contributed by atoms with Crippen molar-refractivity contribution in [3.8, 4) is 11.5 Å². The van der Waals surface area contributed by atoms with Crippen LogP contribution in [0.15, 0.2) is 23.1 Å². The van der Waals surface area contributed by atoms with Gasteiger partial charge >= 0.3 is 12.4 Å². The maximum atomic E-state index is 12.1. The Morgan fingerprint density at radius 1 is 1.00 bits per heavy atom. The lowest BCUT2D eigenvalue weighted by Crippen LogP contribution is -2.20. The molecular formula is C11H11F6NO2S. The molecule has 3 nitrogen and oxygen atoms in total. The number of benzene rings is 1. The summed E-state index contributed by atoms with van der Waals surface area (Å²) in [6.07, 6.45) is -9.01. The lowest BCUT2D eigenvalue weighted by Gasteiger charge is -2.14. The Labute approximate surface area is 120 Å². The van der Waals surface area contributed by atoms with Crippen LogP contribution in [0.2, 0.25) is 0 Å². The quantitative estimate of drug-likeness (QED) is 0.633. The van der Waals surface area contributed by atoms with Crippen molar-refractivity contribution < 1.29 is 35.8 Å². The van der Waals surface area contributed by atoms with E-state index in [9.17, 15) is 26.3 Å². The Kier molecular flexibility index (Phi) is 6.02. The van der Waals surface area contributed by atoms with Crippen molar-refractivity contribution in [1.29, 1.82) is 0 Å². The zero-order valence-electron chi connectivity index (χ0n) is 10.6. The van der Waals surface area contributed by atoms with Crippen LogP contribution in [0.1, 0.15) is 0 Å². The lowest BCUT2D eigenvalue weighted by molar-refractivity contribution is -0.154. The summed E-state index contributed by atoms with van der Waals surface area (Å²) in [6.45, 7) is -2.98. The Hall–Kier alpha value is -1.29. The first-order valence-corrected chi connectivity index (χ1v) is 6.29. The Balaban J connectivity index is 2.81. The molecule has 0 aliphatic carbocycles. The molecule has 0 aliphatic rings. The first-order chi connectivity index (χ1) is 9.61. The molecule has 0 unspecified atom stereocenters. The molecule has 0 heterocycles. The van der Waals surface area contributed by atoms with Crippen LogP contribution >= 0.6 is 11.9 Å². The third-order valence-corrected chi connectivity index (χ3v) is 2.66. The van der Waals surface area contributed by atoms with Crippen molar-refractivity contribution in [3.63, 3.8) is 0 Å². The summed E-state index contributed by atoms with van der Waals surface area (Å²) >= 11 is 0.896. The second-order valence-electron chi connectivity index (χ2n) is 3.72. The minimum absolute atomic E-state index is 0.106. The minimum Gasteiger partial charge on any atom is -0.484 e. The van der Waals surface area contributed by atoms with E-state index in [-0.39, 0.29) is 16.4 Å². The Bertz CT molecular complexity index is 463. The van der Waals surface area contributed by atoms with E-state index in [0.717, 1.165) is 24.1 Å². The van der Waals surface area contributed by atoms with E-state index in [1.807, 2.05) is 0 Å². The maximum absolute atomic E-state index is 12.1. The standard InChI is InChI=1S/C11H11F6NO2S/c1-18-21-9-4-7(19-5-10(12,13)14)2-3-8(9)20-6-11(15,16)17/h2-4,18H,5-6H2,1H3. The van der Waals surface area contributed by atoms with Gasteiger partial charge in [0, 0.05) is 0 Å². The van der Waals surface area contributed by atoms with Crippen molar-refractivity contribution in [2.75, 3.05) is 20.3 Å². The molecule has 0 amide bonds. The van der Waals surface area contributed by atoms with Gasteiger partial charge in [0.1, 0.15) is 11.5 Å². The van der Waals surface area contributed by atoms with Crippen LogP contribution in [0.3, 0.4) is 0 Å². The van der Waals surface area contributed by atoms with Crippen molar-refractivity contribution in [2.45, 2.75) is 17.2 Å². The summed E-state index contributed by atoms with van der Waals surface area (Å²) in [5.41, 5.74) is 0. The molecule has 0 saturated carbocycles. The van der Waals surface area contributed by atoms with Crippen molar-refractivity contribution >= 4 is 11.9 Å². The highest BCUT2D eigenvalue weighted by molar-refractivity contribution is 7.97. The first-order valence-electron chi connectivity index (χ1n) is 5.47. The molecule has 1 rings (SSSR count). The molecule has 0 fully saturated rings. The third-order valence-electron chi connectivity index (χ3n) is 1.92. The summed E-state index contributed by atoms with van der Waals surface area (Å²) in [5.74, 6) is -0.226. The van der Waals surface area contributed by atoms with Crippen LogP contribution in [0.4, 0.5) is 26.3 Å². The zero-order chi connectivity index (χ0) is 16.1. The zero-order valence-corrected chi connectivity index (χ0v) is 11.5. The Morgan fingerprint density at radius 3 is 2.10 bits per heavy atom. The monoisotopic (exact) mass is 335 g/mol. The van der Waals surface area contributed by atoms with E-state index in [1.54, 1.807) is 0 Å². The van der Waals surface area contributed by atoms with Crippen LogP contribution in [-0.4, -0.2) is 32.6 Å². The van der Waals surface area contributed by atoms with Crippen LogP contribution in [0.25, 0.3) is 0 Å². The van der Waals surface area contributed by atoms with Gasteiger partial charge in [-0.25, -0.2) is 0 Å². The number of alkyl halides is 6. The number of halogens is 6. The molecule has 120 valence electrons. The van der Waals surface area contributed by atoms with E-state index < -0.39 is 25.6 Å². The van der Waals surface area contributed by atoms with Gasteiger partial charge in [0.05, 0.1) is 4.90 Å². The number of ether oxygens (including phenoxy) is 2. The molecule has 0 aliphatic heterocycles. The average Bonchev–Trinajstić information content (AvgIpc) is 2.33. The SMILES string of the molecule is CNSc1cc(OCC(F)(F)F)ccc1OCC(F)(F)F. The molecule has 0 aromatic heterocycles. The van der Waals surface area contributed by atoms with E-state index in [4.69, 9.17) is 0 Å². The highest BCUT2D eigenvalue weighted by atomic mass is 32.2. The highest BCUT2D eigenvalue weighted by Crippen LogP contribution is 2.33. The van der Waals surface area contributed by atoms with E-state index in [0.29, 0.717) is 0 Å². The largest absolute Gasteiger partial charge is 0.484 e. The maximum Gasteiger partial charge on any atom is 0.422 e. The lowest BCUT2D eigenvalue weighted by atomic mass is 10.3. The summed E-state index contributed by atoms with van der Waals surface area (Å²) in [5, 5.41) is 0. The van der Waals surface area contributed by atoms with Gasteiger partial charge in [-0.15, -0.1) is 0 Å². The predicted octanol–water partition coefficient (Wildman–Crippen LogP) is 3.80. The van der Waals surface area contributed by atoms with Crippen molar-refractivity contribution in [2.24, 2.45) is 0 Å². The summed E-state index contributed by atoms with van der Waals surface area (Å²) in [4.78, 5) is 0.182. The molecule has 0 spiro atoms. The number of rotatable bonds is 6. The fourth-order valence-electron chi connectivity index (χ4n) is 1.21. The number of hydrogen-bond acceptors (Lipinski definition) is 4. The molecule has 10 heteroatoms. The average molecular weight is 335 g/mol. The van der Waals surface area contributed by atoms with Crippen molar-refractivity contribution in [3.05, 3.63) is 18.2 Å². The van der Waals surface area contributed by atoms with E-state index in [1.165, 1.54) is 13.1 Å². The molecule has 1 aromatic carbocycles. The first kappa shape index (κ1) is 17.8. The Morgan fingerprint density at radius 2 is 1.57 bits per heavy atom. The molecular weight excluding hydrogens is 324 g/mol. The predicted molar refractivity (Wildman–Crippen MR) is 64.5 cm³/mol. The third kappa shape index (κ3) is 7.32. The fraction of sp³-hybridized carbons (Fsp3) is 0.455. The van der Waals surface area contributed by atoms with Crippen LogP contribution in [0.5, 0.6) is 11.5 Å². The topological polar surface area (TPSA) is 30.5 Å². The molecule has 0 saturated heterocycles. The molecule has 21 heavy (non-hydrogen) atoms. The van der Waals surface area contributed by atoms with Gasteiger partial charge in [0.2, 0.25) is 0 Å². The second-order valence-corrected chi connectivity index (χ2v) is 4.77. The number of hydrogen-bond donors (Lipinski definition) is 1. The van der Waals surface area contributed by atoms with Gasteiger partial charge in [0.25, 0.3) is 0 Å². The van der Waals surface area contributed by atoms with Gasteiger partial charge < -0.3 is 9.47 Å². The van der Waals surface area contributed by atoms with Gasteiger partial charge in [0.15, 0.2) is 13.2 Å². The van der Waals surface area contributed by atoms with Gasteiger partial charge in [-0.3, -0.25) is 4.72 Å². The summed E-state index contributed by atoms with van der Waals surface area (Å²) in [6, 6.07) is 3.40. The van der Waals surface area contributed by atoms with Crippen LogP contribution < -0.4 is 14.2 Å². The van der Waals surface area contributed by atoms with Gasteiger partial charge in [-0.05, 0) is 37.2 Å². The number of nitrogens with one attached hydrogen (secondary N) is 1. The highest BCUT2D eigenvalue weighted by Gasteiger charge is 2.30. The van der Waals surface area contributed by atoms with Gasteiger partial charge in [-0.2, -0.15) is 26.3 Å². The van der Waals surface area contributed by atoms with E-state index in [2.05, 4.69) is 14.2 Å². The fourth-order valence-corrected chi connectivity index (χ4v) is 1.83. The summed E-state index contributed by atoms with van der Waals surface area (Å²) < 4.78 is 84.1. The molecule has 0 bridgehead atoms. The molecule has 0 radical (unpaired) electrons. The van der Waals surface area contributed by atoms with Crippen LogP contribution in [0, 0.1) is 0 Å². The second kappa shape index (κ2) is 7.12. The van der Waals surface area contributed by atoms with Crippen LogP contribution in [-0.2, 0) is 0 Å². The van der Waals surface area contributed by atoms with E-state index >= 15 is 0 Å². The van der Waals surface area contributed by atoms with Gasteiger partial charge in [-0.1, -0.05) is 0 Å². The normalized spacial score (nSPS) is 12.3. The minimum atomic E-state index is -4.51. The summed E-state index contributed by atoms with van der Waals surface area (Å²) in [7, 11) is 1.50. The molecule has 1 aromatic rings.